The lowest BCUT2D eigenvalue weighted by atomic mass is 9.79. The Morgan fingerprint density at radius 3 is 2.39 bits per heavy atom. The molecule has 0 saturated heterocycles. The van der Waals surface area contributed by atoms with Crippen molar-refractivity contribution in [3.8, 4) is 11.5 Å². The first-order chi connectivity index (χ1) is 14.4. The fraction of sp³-hybridized carbons (Fsp3) is 0.222. The summed E-state index contributed by atoms with van der Waals surface area (Å²) >= 11 is 0. The van der Waals surface area contributed by atoms with Crippen LogP contribution in [0.15, 0.2) is 36.4 Å². The average Bonchev–Trinajstić information content (AvgIpc) is 2.67. The van der Waals surface area contributed by atoms with E-state index in [4.69, 9.17) is 15.6 Å². The molecular formula is C18H18BF3N2O7. The molecule has 6 N–H and O–H groups in total. The average molecular weight is 442 g/mol. The van der Waals surface area contributed by atoms with Gasteiger partial charge in [-0.3, -0.25) is 9.59 Å². The zero-order chi connectivity index (χ0) is 23.3. The second-order valence-electron chi connectivity index (χ2n) is 6.31. The van der Waals surface area contributed by atoms with E-state index in [9.17, 15) is 32.8 Å². The quantitative estimate of drug-likeness (QED) is 0.371. The van der Waals surface area contributed by atoms with E-state index >= 15 is 0 Å². The Bertz CT molecular complexity index is 970. The number of amides is 1. The molecule has 0 aliphatic carbocycles. The van der Waals surface area contributed by atoms with Gasteiger partial charge in [0.2, 0.25) is 0 Å². The van der Waals surface area contributed by atoms with Gasteiger partial charge in [0.1, 0.15) is 17.5 Å². The minimum atomic E-state index is -5.08. The van der Waals surface area contributed by atoms with Gasteiger partial charge in [-0.05, 0) is 29.2 Å². The molecular weight excluding hydrogens is 424 g/mol. The number of rotatable bonds is 8. The predicted octanol–water partition coefficient (Wildman–Crippen LogP) is 0.480. The molecule has 2 aromatic carbocycles. The van der Waals surface area contributed by atoms with Crippen LogP contribution in [0.4, 0.5) is 18.9 Å². The Hall–Kier alpha value is -3.29. The third kappa shape index (κ3) is 6.60. The number of aliphatic carboxylic acids is 1. The largest absolute Gasteiger partial charge is 0.573 e. The van der Waals surface area contributed by atoms with E-state index in [0.717, 1.165) is 18.2 Å². The van der Waals surface area contributed by atoms with Crippen LogP contribution in [0.1, 0.15) is 15.9 Å². The van der Waals surface area contributed by atoms with E-state index < -0.39 is 42.7 Å². The van der Waals surface area contributed by atoms with Crippen LogP contribution in [-0.4, -0.2) is 53.7 Å². The number of nitrogens with one attached hydrogen (secondary N) is 1. The lowest BCUT2D eigenvalue weighted by Crippen LogP contribution is -2.32. The second kappa shape index (κ2) is 9.68. The van der Waals surface area contributed by atoms with Crippen LogP contribution in [0.5, 0.6) is 11.5 Å². The van der Waals surface area contributed by atoms with Crippen molar-refractivity contribution >= 4 is 30.1 Å². The molecule has 1 atom stereocenters. The molecule has 0 aromatic heterocycles. The topological polar surface area (TPSA) is 151 Å². The van der Waals surface area contributed by atoms with Crippen LogP contribution < -0.4 is 26.0 Å². The van der Waals surface area contributed by atoms with Crippen molar-refractivity contribution < 1.29 is 47.4 Å². The third-order valence-corrected chi connectivity index (χ3v) is 4.07. The lowest BCUT2D eigenvalue weighted by molar-refractivity contribution is -0.274. The fourth-order valence-electron chi connectivity index (χ4n) is 2.61. The molecule has 0 radical (unpaired) electrons. The van der Waals surface area contributed by atoms with Gasteiger partial charge in [0.05, 0.1) is 12.7 Å². The normalized spacial score (nSPS) is 12.1. The molecule has 2 rings (SSSR count). The molecule has 0 heterocycles. The first-order valence-corrected chi connectivity index (χ1v) is 8.63. The molecule has 2 aromatic rings. The summed E-state index contributed by atoms with van der Waals surface area (Å²) in [5, 5.41) is 29.8. The van der Waals surface area contributed by atoms with Crippen LogP contribution in [0.25, 0.3) is 0 Å². The molecule has 166 valence electrons. The molecule has 0 saturated carbocycles. The van der Waals surface area contributed by atoms with Gasteiger partial charge in [-0.25, -0.2) is 0 Å². The van der Waals surface area contributed by atoms with Gasteiger partial charge in [0, 0.05) is 18.2 Å². The SMILES string of the molecule is COc1cc(NC(=O)c2cc(B(O)O)ccc2OC(F)(F)F)ccc1C[C@H](N)C(=O)O. The van der Waals surface area contributed by atoms with Crippen LogP contribution in [0.3, 0.4) is 0 Å². The predicted molar refractivity (Wildman–Crippen MR) is 103 cm³/mol. The van der Waals surface area contributed by atoms with Gasteiger partial charge in [0.25, 0.3) is 5.91 Å². The van der Waals surface area contributed by atoms with Crippen LogP contribution in [0, 0.1) is 0 Å². The van der Waals surface area contributed by atoms with Crippen LogP contribution in [0.2, 0.25) is 0 Å². The Balaban J connectivity index is 2.33. The number of carboxylic acids is 1. The van der Waals surface area contributed by atoms with Crippen molar-refractivity contribution in [2.24, 2.45) is 5.73 Å². The van der Waals surface area contributed by atoms with Gasteiger partial charge < -0.3 is 35.7 Å². The van der Waals surface area contributed by atoms with Crippen molar-refractivity contribution in [2.75, 3.05) is 12.4 Å². The molecule has 0 bridgehead atoms. The Morgan fingerprint density at radius 2 is 1.84 bits per heavy atom. The number of alkyl halides is 3. The second-order valence-corrected chi connectivity index (χ2v) is 6.31. The number of carboxylic acid groups (broad SMARTS) is 1. The van der Waals surface area contributed by atoms with Crippen molar-refractivity contribution in [1.29, 1.82) is 0 Å². The first kappa shape index (κ1) is 24.0. The summed E-state index contributed by atoms with van der Waals surface area (Å²) in [5.74, 6) is -2.90. The molecule has 13 heteroatoms. The summed E-state index contributed by atoms with van der Waals surface area (Å²) in [6, 6.07) is 5.55. The van der Waals surface area contributed by atoms with Crippen molar-refractivity contribution in [3.05, 3.63) is 47.5 Å². The molecule has 0 unspecified atom stereocenters. The number of methoxy groups -OCH3 is 1. The molecule has 0 fully saturated rings. The summed E-state index contributed by atoms with van der Waals surface area (Å²) in [7, 11) is -0.720. The van der Waals surface area contributed by atoms with E-state index in [-0.39, 0.29) is 23.3 Å². The minimum Gasteiger partial charge on any atom is -0.496 e. The zero-order valence-corrected chi connectivity index (χ0v) is 16.0. The van der Waals surface area contributed by atoms with E-state index in [1.807, 2.05) is 0 Å². The zero-order valence-electron chi connectivity index (χ0n) is 16.0. The van der Waals surface area contributed by atoms with Crippen molar-refractivity contribution in [2.45, 2.75) is 18.8 Å². The number of halogens is 3. The molecule has 31 heavy (non-hydrogen) atoms. The monoisotopic (exact) mass is 442 g/mol. The Kier molecular flexibility index (Phi) is 7.49. The number of carbonyl (C=O) groups is 2. The number of hydrogen-bond acceptors (Lipinski definition) is 7. The maximum Gasteiger partial charge on any atom is 0.573 e. The first-order valence-electron chi connectivity index (χ1n) is 8.63. The Morgan fingerprint density at radius 1 is 1.16 bits per heavy atom. The highest BCUT2D eigenvalue weighted by Gasteiger charge is 2.33. The summed E-state index contributed by atoms with van der Waals surface area (Å²) in [6.07, 6.45) is -5.14. The Labute approximate surface area is 174 Å². The number of benzene rings is 2. The summed E-state index contributed by atoms with van der Waals surface area (Å²) in [5.41, 5.74) is 5.22. The minimum absolute atomic E-state index is 0.0628. The standard InChI is InChI=1S/C18H18BF3N2O7/c1-30-15-8-11(4-2-9(15)6-13(23)17(26)27)24-16(25)12-7-10(19(28)29)3-5-14(12)31-18(20,21)22/h2-5,7-8,13,28-29H,6,23H2,1H3,(H,24,25)(H,26,27)/t13-/m0/s1. The van der Waals surface area contributed by atoms with Gasteiger partial charge in [0.15, 0.2) is 0 Å². The van der Waals surface area contributed by atoms with Crippen molar-refractivity contribution in [1.82, 2.24) is 0 Å². The third-order valence-electron chi connectivity index (χ3n) is 4.07. The number of hydrogen-bond donors (Lipinski definition) is 5. The maximum atomic E-state index is 12.7. The van der Waals surface area contributed by atoms with Gasteiger partial charge in [-0.15, -0.1) is 13.2 Å². The molecule has 0 aliphatic rings. The summed E-state index contributed by atoms with van der Waals surface area (Å²) < 4.78 is 47.0. The van der Waals surface area contributed by atoms with E-state index in [1.54, 1.807) is 0 Å². The van der Waals surface area contributed by atoms with Crippen LogP contribution in [-0.2, 0) is 11.2 Å². The smallest absolute Gasteiger partial charge is 0.496 e. The highest BCUT2D eigenvalue weighted by Crippen LogP contribution is 2.28. The number of nitrogens with two attached hydrogens (primary N) is 1. The fourth-order valence-corrected chi connectivity index (χ4v) is 2.61. The van der Waals surface area contributed by atoms with E-state index in [0.29, 0.717) is 5.56 Å². The van der Waals surface area contributed by atoms with E-state index in [1.165, 1.54) is 25.3 Å². The maximum absolute atomic E-state index is 12.7. The number of ether oxygens (including phenoxy) is 2. The molecule has 1 amide bonds. The van der Waals surface area contributed by atoms with Crippen molar-refractivity contribution in [3.63, 3.8) is 0 Å². The van der Waals surface area contributed by atoms with Gasteiger partial charge in [-0.2, -0.15) is 0 Å². The summed E-state index contributed by atoms with van der Waals surface area (Å²) in [4.78, 5) is 23.5. The highest BCUT2D eigenvalue weighted by atomic mass is 19.4. The highest BCUT2D eigenvalue weighted by molar-refractivity contribution is 6.58. The van der Waals surface area contributed by atoms with E-state index in [2.05, 4.69) is 10.1 Å². The molecule has 0 aliphatic heterocycles. The number of carbonyl (C=O) groups excluding carboxylic acids is 1. The van der Waals surface area contributed by atoms with Gasteiger partial charge >= 0.3 is 19.5 Å². The number of anilines is 1. The van der Waals surface area contributed by atoms with Crippen LogP contribution >= 0.6 is 0 Å². The summed E-state index contributed by atoms with van der Waals surface area (Å²) in [6.45, 7) is 0. The lowest BCUT2D eigenvalue weighted by Gasteiger charge is -2.16. The molecule has 9 nitrogen and oxygen atoms in total. The van der Waals surface area contributed by atoms with Gasteiger partial charge in [-0.1, -0.05) is 12.1 Å². The molecule has 0 spiro atoms.